The first-order valence-electron chi connectivity index (χ1n) is 7.91. The van der Waals surface area contributed by atoms with Gasteiger partial charge >= 0.3 is 0 Å². The normalized spacial score (nSPS) is 11.5. The van der Waals surface area contributed by atoms with Crippen LogP contribution < -0.4 is 16.8 Å². The second kappa shape index (κ2) is 8.02. The Morgan fingerprint density at radius 2 is 2.25 bits per heavy atom. The van der Waals surface area contributed by atoms with E-state index in [1.54, 1.807) is 0 Å². The molecule has 24 heavy (non-hydrogen) atoms. The Bertz CT molecular complexity index is 753. The minimum absolute atomic E-state index is 0.238. The Morgan fingerprint density at radius 1 is 1.46 bits per heavy atom. The molecule has 0 spiro atoms. The Balaban J connectivity index is 1.86. The molecule has 1 aromatic carbocycles. The number of hydrogen-bond donors (Lipinski definition) is 4. The standard InChI is InChI=1S/C17H23N7/c1-11(2)12-5-3-6-13(9-12)22-17(20)21-8-4-7-15-14(10-18)16(19)24-23-15/h3,5-6,9,11H,4,7-8H2,1-2H3,(H3,19,23,24)(H3,20,21,22). The Hall–Kier alpha value is -3.01. The Morgan fingerprint density at radius 3 is 2.96 bits per heavy atom. The van der Waals surface area contributed by atoms with Crippen LogP contribution in [0.15, 0.2) is 29.3 Å². The summed E-state index contributed by atoms with van der Waals surface area (Å²) in [7, 11) is 0. The summed E-state index contributed by atoms with van der Waals surface area (Å²) in [5.41, 5.74) is 14.8. The number of anilines is 2. The van der Waals surface area contributed by atoms with Gasteiger partial charge in [0.15, 0.2) is 11.8 Å². The van der Waals surface area contributed by atoms with Gasteiger partial charge in [0.25, 0.3) is 0 Å². The van der Waals surface area contributed by atoms with E-state index >= 15 is 0 Å². The highest BCUT2D eigenvalue weighted by atomic mass is 15.2. The third-order valence-corrected chi connectivity index (χ3v) is 3.67. The molecule has 0 saturated carbocycles. The van der Waals surface area contributed by atoms with Crippen LogP contribution in [0.5, 0.6) is 0 Å². The van der Waals surface area contributed by atoms with Crippen molar-refractivity contribution in [3.63, 3.8) is 0 Å². The van der Waals surface area contributed by atoms with E-state index in [0.717, 1.165) is 17.8 Å². The van der Waals surface area contributed by atoms with Gasteiger partial charge in [-0.3, -0.25) is 10.1 Å². The first kappa shape index (κ1) is 17.3. The molecule has 0 aliphatic carbocycles. The number of hydrogen-bond acceptors (Lipinski definition) is 4. The highest BCUT2D eigenvalue weighted by molar-refractivity contribution is 5.92. The molecular formula is C17H23N7. The van der Waals surface area contributed by atoms with Crippen LogP contribution in [0.25, 0.3) is 0 Å². The lowest BCUT2D eigenvalue weighted by Gasteiger charge is -2.10. The van der Waals surface area contributed by atoms with Gasteiger partial charge < -0.3 is 16.8 Å². The predicted octanol–water partition coefficient (Wildman–Crippen LogP) is 2.35. The molecule has 7 nitrogen and oxygen atoms in total. The highest BCUT2D eigenvalue weighted by Crippen LogP contribution is 2.18. The summed E-state index contributed by atoms with van der Waals surface area (Å²) < 4.78 is 0. The van der Waals surface area contributed by atoms with Crippen molar-refractivity contribution < 1.29 is 0 Å². The maximum absolute atomic E-state index is 9.01. The van der Waals surface area contributed by atoms with Crippen LogP contribution in [0.3, 0.4) is 0 Å². The average molecular weight is 325 g/mol. The lowest BCUT2D eigenvalue weighted by Crippen LogP contribution is -2.23. The molecule has 0 aliphatic heterocycles. The molecular weight excluding hydrogens is 302 g/mol. The monoisotopic (exact) mass is 325 g/mol. The number of aryl methyl sites for hydroxylation is 1. The van der Waals surface area contributed by atoms with Crippen LogP contribution in [-0.2, 0) is 6.42 Å². The summed E-state index contributed by atoms with van der Waals surface area (Å²) in [6, 6.07) is 10.2. The van der Waals surface area contributed by atoms with E-state index in [9.17, 15) is 0 Å². The van der Waals surface area contributed by atoms with Crippen LogP contribution in [0, 0.1) is 11.3 Å². The van der Waals surface area contributed by atoms with Crippen LogP contribution in [-0.4, -0.2) is 22.7 Å². The van der Waals surface area contributed by atoms with E-state index in [-0.39, 0.29) is 5.82 Å². The fourth-order valence-electron chi connectivity index (χ4n) is 2.32. The molecule has 7 heteroatoms. The van der Waals surface area contributed by atoms with Crippen LogP contribution in [0.4, 0.5) is 11.5 Å². The molecule has 2 rings (SSSR count). The quantitative estimate of drug-likeness (QED) is 0.368. The Labute approximate surface area is 141 Å². The van der Waals surface area contributed by atoms with E-state index < -0.39 is 0 Å². The molecule has 1 aromatic heterocycles. The molecule has 0 saturated heterocycles. The van der Waals surface area contributed by atoms with Crippen molar-refractivity contribution >= 4 is 17.5 Å². The molecule has 0 aliphatic rings. The summed E-state index contributed by atoms with van der Waals surface area (Å²) in [5.74, 6) is 1.07. The summed E-state index contributed by atoms with van der Waals surface area (Å²) in [5, 5.41) is 18.7. The molecule has 0 atom stereocenters. The van der Waals surface area contributed by atoms with Crippen LogP contribution in [0.2, 0.25) is 0 Å². The summed E-state index contributed by atoms with van der Waals surface area (Å²) >= 11 is 0. The maximum Gasteiger partial charge on any atom is 0.193 e. The van der Waals surface area contributed by atoms with Crippen molar-refractivity contribution in [1.29, 1.82) is 5.26 Å². The zero-order valence-corrected chi connectivity index (χ0v) is 14.0. The summed E-state index contributed by atoms with van der Waals surface area (Å²) in [4.78, 5) is 4.31. The SMILES string of the molecule is CC(C)c1cccc(NC(N)=NCCCc2[nH]nc(N)c2C#N)c1. The zero-order chi connectivity index (χ0) is 17.5. The van der Waals surface area contributed by atoms with Gasteiger partial charge in [-0.1, -0.05) is 26.0 Å². The molecule has 126 valence electrons. The molecule has 6 N–H and O–H groups in total. The van der Waals surface area contributed by atoms with Gasteiger partial charge in [0.2, 0.25) is 0 Å². The van der Waals surface area contributed by atoms with E-state index in [4.69, 9.17) is 16.7 Å². The first-order valence-corrected chi connectivity index (χ1v) is 7.91. The van der Waals surface area contributed by atoms with Crippen molar-refractivity contribution in [2.75, 3.05) is 17.6 Å². The summed E-state index contributed by atoms with van der Waals surface area (Å²) in [6.07, 6.45) is 1.39. The van der Waals surface area contributed by atoms with E-state index in [2.05, 4.69) is 46.5 Å². The van der Waals surface area contributed by atoms with Gasteiger partial charge in [0.05, 0.1) is 5.69 Å². The van der Waals surface area contributed by atoms with Crippen molar-refractivity contribution in [2.24, 2.45) is 10.7 Å². The number of benzene rings is 1. The van der Waals surface area contributed by atoms with E-state index in [0.29, 0.717) is 30.4 Å². The number of H-pyrrole nitrogens is 1. The molecule has 0 radical (unpaired) electrons. The average Bonchev–Trinajstić information content (AvgIpc) is 2.91. The zero-order valence-electron chi connectivity index (χ0n) is 14.0. The molecule has 1 heterocycles. The maximum atomic E-state index is 9.01. The number of nitriles is 1. The van der Waals surface area contributed by atoms with Gasteiger partial charge in [0.1, 0.15) is 11.6 Å². The number of nitrogens with two attached hydrogens (primary N) is 2. The van der Waals surface area contributed by atoms with Crippen LogP contribution >= 0.6 is 0 Å². The van der Waals surface area contributed by atoms with E-state index in [1.807, 2.05) is 18.2 Å². The predicted molar refractivity (Wildman–Crippen MR) is 96.7 cm³/mol. The number of rotatable bonds is 6. The van der Waals surface area contributed by atoms with Gasteiger partial charge in [0, 0.05) is 12.2 Å². The molecule has 2 aromatic rings. The molecule has 0 fully saturated rings. The molecule has 0 amide bonds. The second-order valence-electron chi connectivity index (χ2n) is 5.85. The third-order valence-electron chi connectivity index (χ3n) is 3.67. The van der Waals surface area contributed by atoms with Crippen molar-refractivity contribution in [3.8, 4) is 6.07 Å². The van der Waals surface area contributed by atoms with Gasteiger partial charge in [-0.05, 0) is 36.5 Å². The van der Waals surface area contributed by atoms with Gasteiger partial charge in [-0.25, -0.2) is 0 Å². The minimum atomic E-state index is 0.238. The summed E-state index contributed by atoms with van der Waals surface area (Å²) in [6.45, 7) is 4.84. The number of guanidine groups is 1. The number of aromatic amines is 1. The topological polar surface area (TPSA) is 129 Å². The minimum Gasteiger partial charge on any atom is -0.381 e. The number of nitrogens with zero attached hydrogens (tertiary/aromatic N) is 3. The van der Waals surface area contributed by atoms with Crippen molar-refractivity contribution in [1.82, 2.24) is 10.2 Å². The van der Waals surface area contributed by atoms with Crippen molar-refractivity contribution in [3.05, 3.63) is 41.1 Å². The third kappa shape index (κ3) is 4.49. The number of nitrogen functional groups attached to an aromatic ring is 1. The molecule has 0 bridgehead atoms. The fraction of sp³-hybridized carbons (Fsp3) is 0.353. The smallest absolute Gasteiger partial charge is 0.193 e. The largest absolute Gasteiger partial charge is 0.381 e. The van der Waals surface area contributed by atoms with E-state index in [1.165, 1.54) is 5.56 Å². The fourth-order valence-corrected chi connectivity index (χ4v) is 2.32. The van der Waals surface area contributed by atoms with Crippen LogP contribution in [0.1, 0.15) is 43.0 Å². The Kier molecular flexibility index (Phi) is 5.79. The lowest BCUT2D eigenvalue weighted by atomic mass is 10.0. The van der Waals surface area contributed by atoms with Gasteiger partial charge in [-0.15, -0.1) is 0 Å². The first-order chi connectivity index (χ1) is 11.5. The lowest BCUT2D eigenvalue weighted by molar-refractivity contribution is 0.802. The molecule has 0 unspecified atom stereocenters. The number of aromatic nitrogens is 2. The van der Waals surface area contributed by atoms with Gasteiger partial charge in [-0.2, -0.15) is 10.4 Å². The highest BCUT2D eigenvalue weighted by Gasteiger charge is 2.09. The number of nitrogens with one attached hydrogen (secondary N) is 2. The van der Waals surface area contributed by atoms with Crippen molar-refractivity contribution in [2.45, 2.75) is 32.6 Å². The number of aliphatic imine (C=N–C) groups is 1. The second-order valence-corrected chi connectivity index (χ2v) is 5.85.